The van der Waals surface area contributed by atoms with Crippen LogP contribution >= 0.6 is 55.7 Å². The minimum Gasteiger partial charge on any atom is -0.465 e. The van der Waals surface area contributed by atoms with E-state index in [-0.39, 0.29) is 16.4 Å². The van der Waals surface area contributed by atoms with E-state index < -0.39 is 0 Å². The van der Waals surface area contributed by atoms with Crippen molar-refractivity contribution in [1.82, 2.24) is 0 Å². The summed E-state index contributed by atoms with van der Waals surface area (Å²) in [5.41, 5.74) is 0.596. The van der Waals surface area contributed by atoms with Gasteiger partial charge in [-0.2, -0.15) is 0 Å². The van der Waals surface area contributed by atoms with Crippen LogP contribution in [-0.4, -0.2) is 13.1 Å². The van der Waals surface area contributed by atoms with Gasteiger partial charge in [-0.1, -0.05) is 12.1 Å². The fourth-order valence-electron chi connectivity index (χ4n) is 3.03. The number of hydrogen-bond donors (Lipinski definition) is 0. The van der Waals surface area contributed by atoms with Gasteiger partial charge in [0.2, 0.25) is 0 Å². The topological polar surface area (TPSA) is 26.3 Å². The van der Waals surface area contributed by atoms with Crippen LogP contribution in [0.1, 0.15) is 10.4 Å². The third kappa shape index (κ3) is 2.96. The van der Waals surface area contributed by atoms with Gasteiger partial charge in [-0.15, -0.1) is 0 Å². The van der Waals surface area contributed by atoms with Gasteiger partial charge in [0.1, 0.15) is 0 Å². The average Bonchev–Trinajstić information content (AvgIpc) is 2.95. The lowest BCUT2D eigenvalue weighted by molar-refractivity contribution is 0.0601. The Kier molecular flexibility index (Phi) is 4.72. The van der Waals surface area contributed by atoms with Crippen LogP contribution in [0, 0.1) is 7.14 Å². The molecule has 124 valence electrons. The lowest BCUT2D eigenvalue weighted by atomic mass is 10.1. The van der Waals surface area contributed by atoms with Gasteiger partial charge in [0.25, 0.3) is 0 Å². The number of methoxy groups -OCH3 is 1. The number of hydrogen-bond acceptors (Lipinski definition) is 2. The second-order valence-electron chi connectivity index (χ2n) is 5.58. The lowest BCUT2D eigenvalue weighted by Crippen LogP contribution is -2.00. The average molecular weight is 571 g/mol. The minimum atomic E-state index is -0.295. The van der Waals surface area contributed by atoms with Crippen molar-refractivity contribution in [2.45, 2.75) is 0 Å². The summed E-state index contributed by atoms with van der Waals surface area (Å²) < 4.78 is 9.99. The highest BCUT2D eigenvalue weighted by Crippen LogP contribution is 2.49. The van der Waals surface area contributed by atoms with Gasteiger partial charge >= 0.3 is 5.97 Å². The second kappa shape index (κ2) is 6.85. The Balaban J connectivity index is 2.11. The molecule has 0 N–H and O–H groups in total. The van der Waals surface area contributed by atoms with E-state index in [4.69, 9.17) is 4.74 Å². The van der Waals surface area contributed by atoms with Crippen molar-refractivity contribution in [3.8, 4) is 4.90 Å². The molecule has 1 heterocycles. The molecule has 0 aliphatic heterocycles. The fraction of sp³-hybridized carbons (Fsp3) is 0.0500. The maximum Gasteiger partial charge on any atom is 0.337 e. The van der Waals surface area contributed by atoms with Crippen molar-refractivity contribution in [2.75, 3.05) is 7.11 Å². The molecule has 4 rings (SSSR count). The van der Waals surface area contributed by atoms with E-state index >= 15 is 0 Å². The van der Waals surface area contributed by atoms with Crippen LogP contribution in [0.4, 0.5) is 0 Å². The van der Waals surface area contributed by atoms with Gasteiger partial charge in [0.05, 0.1) is 16.2 Å². The van der Waals surface area contributed by atoms with Gasteiger partial charge in [-0.05, 0) is 87.6 Å². The summed E-state index contributed by atoms with van der Waals surface area (Å²) in [5.74, 6) is -0.295. The van der Waals surface area contributed by atoms with Gasteiger partial charge < -0.3 is 4.74 Å². The number of esters is 1. The van der Waals surface area contributed by atoms with Gasteiger partial charge in [0, 0.05) is 30.9 Å². The third-order valence-corrected chi connectivity index (χ3v) is 8.45. The van der Waals surface area contributed by atoms with E-state index in [1.807, 2.05) is 12.1 Å². The molecule has 0 amide bonds. The standard InChI is InChI=1S/C20H13I2O2S/c1-24-20(23)12-6-8-18-15(10-12)14-4-2-3-5-17(14)25(18)19-9-7-13(21)11-16(19)22/h2-11H,1H3/q+1. The summed E-state index contributed by atoms with van der Waals surface area (Å²) in [7, 11) is 1.27. The van der Waals surface area contributed by atoms with E-state index in [0.717, 1.165) is 5.39 Å². The van der Waals surface area contributed by atoms with Gasteiger partial charge in [-0.3, -0.25) is 0 Å². The Morgan fingerprint density at radius 3 is 2.44 bits per heavy atom. The molecule has 0 spiro atoms. The Labute approximate surface area is 175 Å². The van der Waals surface area contributed by atoms with E-state index in [1.54, 1.807) is 0 Å². The maximum atomic E-state index is 11.9. The maximum absolute atomic E-state index is 11.9. The number of carbonyl (C=O) groups excluding carboxylic acids is 1. The van der Waals surface area contributed by atoms with Crippen molar-refractivity contribution in [2.24, 2.45) is 0 Å². The van der Waals surface area contributed by atoms with Crippen LogP contribution in [0.25, 0.3) is 25.1 Å². The van der Waals surface area contributed by atoms with E-state index in [9.17, 15) is 4.79 Å². The molecule has 0 aliphatic rings. The van der Waals surface area contributed by atoms with Gasteiger partial charge in [-0.25, -0.2) is 4.79 Å². The molecule has 1 unspecified atom stereocenters. The molecule has 0 fully saturated rings. The number of fused-ring (bicyclic) bond motifs is 3. The first-order valence-electron chi connectivity index (χ1n) is 7.61. The monoisotopic (exact) mass is 571 g/mol. The van der Waals surface area contributed by atoms with Crippen LogP contribution in [0.15, 0.2) is 60.7 Å². The molecular formula is C20H13I2O2S+. The van der Waals surface area contributed by atoms with Crippen LogP contribution < -0.4 is 0 Å². The van der Waals surface area contributed by atoms with Crippen LogP contribution in [0.2, 0.25) is 0 Å². The van der Waals surface area contributed by atoms with Crippen LogP contribution in [-0.2, 0) is 4.74 Å². The molecule has 0 radical (unpaired) electrons. The number of ether oxygens (including phenoxy) is 1. The molecule has 0 aliphatic carbocycles. The SMILES string of the molecule is COC(=O)c1ccc2c(c1)c1ccccc1[s+]2-c1ccc(I)cc1I. The number of carbonyl (C=O) groups is 1. The predicted octanol–water partition coefficient (Wildman–Crippen LogP) is 6.73. The second-order valence-corrected chi connectivity index (χ2v) is 9.92. The molecule has 3 aromatic carbocycles. The Bertz CT molecular complexity index is 1130. The highest BCUT2D eigenvalue weighted by atomic mass is 127. The molecular weight excluding hydrogens is 558 g/mol. The molecule has 0 bridgehead atoms. The number of thiophene rings is 1. The normalized spacial score (nSPS) is 11.9. The van der Waals surface area contributed by atoms with Gasteiger partial charge in [0.15, 0.2) is 14.3 Å². The molecule has 4 aromatic rings. The highest BCUT2D eigenvalue weighted by Gasteiger charge is 2.26. The molecule has 25 heavy (non-hydrogen) atoms. The molecule has 0 saturated carbocycles. The summed E-state index contributed by atoms with van der Waals surface area (Å²) in [6.07, 6.45) is 0. The van der Waals surface area contributed by atoms with E-state index in [2.05, 4.69) is 93.7 Å². The number of benzene rings is 3. The molecule has 2 nitrogen and oxygen atoms in total. The zero-order valence-corrected chi connectivity index (χ0v) is 18.4. The first-order chi connectivity index (χ1) is 12.1. The lowest BCUT2D eigenvalue weighted by Gasteiger charge is -1.99. The van der Waals surface area contributed by atoms with E-state index in [1.165, 1.54) is 33.9 Å². The zero-order chi connectivity index (χ0) is 17.6. The summed E-state index contributed by atoms with van der Waals surface area (Å²) in [6.45, 7) is 0. The summed E-state index contributed by atoms with van der Waals surface area (Å²) in [6, 6.07) is 21.0. The largest absolute Gasteiger partial charge is 0.465 e. The molecule has 5 heteroatoms. The number of rotatable bonds is 2. The quantitative estimate of drug-likeness (QED) is 0.152. The minimum absolute atomic E-state index is 0.147. The van der Waals surface area contributed by atoms with Crippen molar-refractivity contribution < 1.29 is 9.53 Å². The van der Waals surface area contributed by atoms with Crippen LogP contribution in [0.5, 0.6) is 0 Å². The smallest absolute Gasteiger partial charge is 0.337 e. The Morgan fingerprint density at radius 1 is 0.920 bits per heavy atom. The first kappa shape index (κ1) is 17.2. The first-order valence-corrected chi connectivity index (χ1v) is 11.0. The molecule has 0 saturated heterocycles. The molecule has 1 aromatic heterocycles. The summed E-state index contributed by atoms with van der Waals surface area (Å²) in [4.78, 5) is 13.3. The highest BCUT2D eigenvalue weighted by molar-refractivity contribution is 14.1. The third-order valence-electron chi connectivity index (χ3n) is 4.13. The predicted molar refractivity (Wildman–Crippen MR) is 122 cm³/mol. The van der Waals surface area contributed by atoms with Crippen LogP contribution in [0.3, 0.4) is 0 Å². The fourth-order valence-corrected chi connectivity index (χ4v) is 7.66. The molecule has 1 atom stereocenters. The summed E-state index contributed by atoms with van der Waals surface area (Å²) in [5, 5.41) is 2.34. The van der Waals surface area contributed by atoms with Crippen molar-refractivity contribution >= 4 is 81.8 Å². The Morgan fingerprint density at radius 2 is 1.68 bits per heavy atom. The van der Waals surface area contributed by atoms with Crippen molar-refractivity contribution in [1.29, 1.82) is 0 Å². The van der Waals surface area contributed by atoms with Crippen molar-refractivity contribution in [3.63, 3.8) is 0 Å². The van der Waals surface area contributed by atoms with Crippen molar-refractivity contribution in [3.05, 3.63) is 73.4 Å². The summed E-state index contributed by atoms with van der Waals surface area (Å²) >= 11 is 4.77. The van der Waals surface area contributed by atoms with E-state index in [0.29, 0.717) is 5.56 Å². The Hall–Kier alpha value is -1.19. The number of halogens is 2. The zero-order valence-electron chi connectivity index (χ0n) is 13.3.